The van der Waals surface area contributed by atoms with Crippen molar-refractivity contribution in [3.05, 3.63) is 58.4 Å². The zero-order chi connectivity index (χ0) is 14.0. The SMILES string of the molecule is CCc1nnc(C)cc1C(O)c1cccc(F)c1F. The molecule has 5 heteroatoms. The first-order valence-corrected chi connectivity index (χ1v) is 5.99. The van der Waals surface area contributed by atoms with Gasteiger partial charge < -0.3 is 5.11 Å². The second-order valence-electron chi connectivity index (χ2n) is 4.29. The Morgan fingerprint density at radius 3 is 2.63 bits per heavy atom. The molecule has 1 atom stereocenters. The van der Waals surface area contributed by atoms with Crippen molar-refractivity contribution in [3.63, 3.8) is 0 Å². The van der Waals surface area contributed by atoms with Crippen molar-refractivity contribution >= 4 is 0 Å². The molecular weight excluding hydrogens is 250 g/mol. The topological polar surface area (TPSA) is 46.0 Å². The number of hydrogen-bond donors (Lipinski definition) is 1. The van der Waals surface area contributed by atoms with Gasteiger partial charge in [-0.05, 0) is 25.5 Å². The van der Waals surface area contributed by atoms with Crippen molar-refractivity contribution in [1.29, 1.82) is 0 Å². The molecule has 0 saturated heterocycles. The van der Waals surface area contributed by atoms with Crippen LogP contribution in [-0.4, -0.2) is 15.3 Å². The summed E-state index contributed by atoms with van der Waals surface area (Å²) in [5.41, 5.74) is 1.55. The Bertz CT molecular complexity index is 602. The fraction of sp³-hybridized carbons (Fsp3) is 0.286. The van der Waals surface area contributed by atoms with Crippen LogP contribution in [0.1, 0.15) is 35.5 Å². The summed E-state index contributed by atoms with van der Waals surface area (Å²) in [6, 6.07) is 5.38. The second kappa shape index (κ2) is 5.40. The number of aromatic nitrogens is 2. The highest BCUT2D eigenvalue weighted by Crippen LogP contribution is 2.27. The van der Waals surface area contributed by atoms with Crippen LogP contribution >= 0.6 is 0 Å². The largest absolute Gasteiger partial charge is 0.383 e. The number of hydrogen-bond acceptors (Lipinski definition) is 3. The molecular formula is C14H14F2N2O. The monoisotopic (exact) mass is 264 g/mol. The second-order valence-corrected chi connectivity index (χ2v) is 4.29. The summed E-state index contributed by atoms with van der Waals surface area (Å²) in [7, 11) is 0. The van der Waals surface area contributed by atoms with Crippen LogP contribution in [0.2, 0.25) is 0 Å². The average molecular weight is 264 g/mol. The van der Waals surface area contributed by atoms with Crippen molar-refractivity contribution < 1.29 is 13.9 Å². The summed E-state index contributed by atoms with van der Waals surface area (Å²) < 4.78 is 26.9. The van der Waals surface area contributed by atoms with E-state index in [-0.39, 0.29) is 5.56 Å². The minimum absolute atomic E-state index is 0.0953. The molecule has 0 bridgehead atoms. The molecule has 1 aromatic heterocycles. The molecule has 0 fully saturated rings. The van der Waals surface area contributed by atoms with E-state index >= 15 is 0 Å². The number of benzene rings is 1. The Balaban J connectivity index is 2.52. The molecule has 0 saturated carbocycles. The van der Waals surface area contributed by atoms with E-state index in [9.17, 15) is 13.9 Å². The Morgan fingerprint density at radius 2 is 1.95 bits per heavy atom. The van der Waals surface area contributed by atoms with E-state index < -0.39 is 17.7 Å². The average Bonchev–Trinajstić information content (AvgIpc) is 2.41. The molecule has 0 amide bonds. The summed E-state index contributed by atoms with van der Waals surface area (Å²) >= 11 is 0. The van der Waals surface area contributed by atoms with E-state index in [4.69, 9.17) is 0 Å². The molecule has 1 unspecified atom stereocenters. The maximum absolute atomic E-state index is 13.7. The molecule has 1 N–H and O–H groups in total. The Kier molecular flexibility index (Phi) is 3.85. The smallest absolute Gasteiger partial charge is 0.164 e. The molecule has 2 aromatic rings. The lowest BCUT2D eigenvalue weighted by molar-refractivity contribution is 0.211. The molecule has 100 valence electrons. The standard InChI is InChI=1S/C14H14F2N2O/c1-3-12-10(7-8(2)17-18-12)14(19)9-5-4-6-11(15)13(9)16/h4-7,14,19H,3H2,1-2H3. The van der Waals surface area contributed by atoms with Gasteiger partial charge in [0, 0.05) is 11.1 Å². The fourth-order valence-electron chi connectivity index (χ4n) is 1.94. The lowest BCUT2D eigenvalue weighted by Gasteiger charge is -2.15. The van der Waals surface area contributed by atoms with Gasteiger partial charge in [0.2, 0.25) is 0 Å². The van der Waals surface area contributed by atoms with Crippen LogP contribution < -0.4 is 0 Å². The van der Waals surface area contributed by atoms with E-state index in [1.165, 1.54) is 12.1 Å². The third kappa shape index (κ3) is 2.61. The minimum atomic E-state index is -1.25. The third-order valence-electron chi connectivity index (χ3n) is 2.93. The summed E-state index contributed by atoms with van der Waals surface area (Å²) in [4.78, 5) is 0. The van der Waals surface area contributed by atoms with Crippen LogP contribution in [0.4, 0.5) is 8.78 Å². The van der Waals surface area contributed by atoms with E-state index in [1.807, 2.05) is 6.92 Å². The maximum atomic E-state index is 13.7. The van der Waals surface area contributed by atoms with Crippen molar-refractivity contribution in [3.8, 4) is 0 Å². The molecule has 3 nitrogen and oxygen atoms in total. The van der Waals surface area contributed by atoms with Crippen LogP contribution in [0, 0.1) is 18.6 Å². The van der Waals surface area contributed by atoms with Gasteiger partial charge in [-0.2, -0.15) is 10.2 Å². The highest BCUT2D eigenvalue weighted by atomic mass is 19.2. The van der Waals surface area contributed by atoms with E-state index in [0.29, 0.717) is 23.4 Å². The highest BCUT2D eigenvalue weighted by molar-refractivity contribution is 5.34. The highest BCUT2D eigenvalue weighted by Gasteiger charge is 2.20. The number of halogens is 2. The number of aliphatic hydroxyl groups is 1. The quantitative estimate of drug-likeness (QED) is 0.927. The zero-order valence-corrected chi connectivity index (χ0v) is 10.7. The van der Waals surface area contributed by atoms with Gasteiger partial charge in [0.1, 0.15) is 6.10 Å². The number of aliphatic hydroxyl groups excluding tert-OH is 1. The van der Waals surface area contributed by atoms with E-state index in [1.54, 1.807) is 13.0 Å². The van der Waals surface area contributed by atoms with Crippen LogP contribution in [-0.2, 0) is 6.42 Å². The summed E-state index contributed by atoms with van der Waals surface area (Å²) in [5, 5.41) is 18.1. The van der Waals surface area contributed by atoms with Gasteiger partial charge in [0.25, 0.3) is 0 Å². The summed E-state index contributed by atoms with van der Waals surface area (Å²) in [6.07, 6.45) is -0.698. The van der Waals surface area contributed by atoms with Gasteiger partial charge in [0.15, 0.2) is 11.6 Å². The lowest BCUT2D eigenvalue weighted by atomic mass is 9.98. The first-order chi connectivity index (χ1) is 9.04. The van der Waals surface area contributed by atoms with Crippen LogP contribution in [0.3, 0.4) is 0 Å². The Morgan fingerprint density at radius 1 is 1.21 bits per heavy atom. The van der Waals surface area contributed by atoms with Gasteiger partial charge in [0.05, 0.1) is 11.4 Å². The molecule has 2 rings (SSSR count). The van der Waals surface area contributed by atoms with E-state index in [2.05, 4.69) is 10.2 Å². The van der Waals surface area contributed by atoms with Gasteiger partial charge in [-0.3, -0.25) is 0 Å². The molecule has 0 aliphatic carbocycles. The molecule has 1 aromatic carbocycles. The summed E-state index contributed by atoms with van der Waals surface area (Å²) in [5.74, 6) is -2.01. The van der Waals surface area contributed by atoms with Gasteiger partial charge in [-0.25, -0.2) is 8.78 Å². The lowest BCUT2D eigenvalue weighted by Crippen LogP contribution is -2.10. The molecule has 0 radical (unpaired) electrons. The van der Waals surface area contributed by atoms with Crippen molar-refractivity contribution in [2.75, 3.05) is 0 Å². The van der Waals surface area contributed by atoms with Crippen molar-refractivity contribution in [2.24, 2.45) is 0 Å². The molecule has 0 spiro atoms. The zero-order valence-electron chi connectivity index (χ0n) is 10.7. The maximum Gasteiger partial charge on any atom is 0.164 e. The predicted octanol–water partition coefficient (Wildman–Crippen LogP) is 2.71. The molecule has 0 aliphatic rings. The molecule has 1 heterocycles. The molecule has 19 heavy (non-hydrogen) atoms. The first kappa shape index (κ1) is 13.5. The summed E-state index contributed by atoms with van der Waals surface area (Å²) in [6.45, 7) is 3.59. The third-order valence-corrected chi connectivity index (χ3v) is 2.93. The van der Waals surface area contributed by atoms with Gasteiger partial charge in [-0.1, -0.05) is 19.1 Å². The number of rotatable bonds is 3. The minimum Gasteiger partial charge on any atom is -0.383 e. The molecule has 0 aliphatic heterocycles. The van der Waals surface area contributed by atoms with E-state index in [0.717, 1.165) is 6.07 Å². The van der Waals surface area contributed by atoms with Crippen LogP contribution in [0.5, 0.6) is 0 Å². The van der Waals surface area contributed by atoms with Gasteiger partial charge >= 0.3 is 0 Å². The van der Waals surface area contributed by atoms with Crippen molar-refractivity contribution in [1.82, 2.24) is 10.2 Å². The first-order valence-electron chi connectivity index (χ1n) is 5.99. The Labute approximate surface area is 109 Å². The van der Waals surface area contributed by atoms with Crippen LogP contribution in [0.25, 0.3) is 0 Å². The van der Waals surface area contributed by atoms with Crippen LogP contribution in [0.15, 0.2) is 24.3 Å². The number of aryl methyl sites for hydroxylation is 2. The van der Waals surface area contributed by atoms with Gasteiger partial charge in [-0.15, -0.1) is 0 Å². The Hall–Kier alpha value is -1.88. The van der Waals surface area contributed by atoms with Crippen molar-refractivity contribution in [2.45, 2.75) is 26.4 Å². The predicted molar refractivity (Wildman–Crippen MR) is 66.6 cm³/mol. The number of nitrogens with zero attached hydrogens (tertiary/aromatic N) is 2. The normalized spacial score (nSPS) is 12.5. The fourth-order valence-corrected chi connectivity index (χ4v) is 1.94.